The molecule has 0 aromatic heterocycles. The number of allylic oxidation sites excluding steroid dienone is 1. The molecule has 2 amide bonds. The summed E-state index contributed by atoms with van der Waals surface area (Å²) in [5.74, 6) is -1.05. The minimum atomic E-state index is -0.755. The van der Waals surface area contributed by atoms with Gasteiger partial charge in [-0.25, -0.2) is 0 Å². The molecule has 0 spiro atoms. The molecule has 1 fully saturated rings. The Hall–Kier alpha value is -1.69. The Labute approximate surface area is 117 Å². The van der Waals surface area contributed by atoms with E-state index in [2.05, 4.69) is 5.32 Å². The predicted molar refractivity (Wildman–Crippen MR) is 71.7 cm³/mol. The normalized spacial score (nSPS) is 31.4. The van der Waals surface area contributed by atoms with Crippen molar-refractivity contribution >= 4 is 17.8 Å². The summed E-state index contributed by atoms with van der Waals surface area (Å²) < 4.78 is 0. The van der Waals surface area contributed by atoms with Gasteiger partial charge in [0.15, 0.2) is 0 Å². The van der Waals surface area contributed by atoms with E-state index in [-0.39, 0.29) is 11.8 Å². The van der Waals surface area contributed by atoms with Crippen LogP contribution >= 0.6 is 0 Å². The third-order valence-corrected chi connectivity index (χ3v) is 3.59. The highest BCUT2D eigenvalue weighted by Gasteiger charge is 2.32. The van der Waals surface area contributed by atoms with Crippen LogP contribution in [0.2, 0.25) is 0 Å². The lowest BCUT2D eigenvalue weighted by Crippen LogP contribution is -2.29. The number of hydrogen-bond donors (Lipinski definition) is 3. The van der Waals surface area contributed by atoms with Crippen LogP contribution in [0.4, 0.5) is 0 Å². The number of aliphatic carboxylic acids is 1. The summed E-state index contributed by atoms with van der Waals surface area (Å²) in [6, 6.07) is 0. The van der Waals surface area contributed by atoms with E-state index in [1.807, 2.05) is 6.08 Å². The number of carboxylic acid groups (broad SMARTS) is 1. The van der Waals surface area contributed by atoms with Crippen LogP contribution in [0.15, 0.2) is 12.2 Å². The molecule has 3 N–H and O–H groups in total. The van der Waals surface area contributed by atoms with Crippen LogP contribution in [0.5, 0.6) is 0 Å². The van der Waals surface area contributed by atoms with Gasteiger partial charge >= 0.3 is 5.97 Å². The van der Waals surface area contributed by atoms with Crippen molar-refractivity contribution < 1.29 is 24.6 Å². The molecule has 0 radical (unpaired) electrons. The van der Waals surface area contributed by atoms with E-state index < -0.39 is 17.5 Å². The number of carboxylic acids is 1. The average Bonchev–Trinajstić information content (AvgIpc) is 2.74. The molecule has 1 aliphatic heterocycles. The van der Waals surface area contributed by atoms with Gasteiger partial charge in [-0.2, -0.15) is 0 Å². The maximum atomic E-state index is 10.9. The molecule has 1 saturated heterocycles. The highest BCUT2D eigenvalue weighted by atomic mass is 16.4. The van der Waals surface area contributed by atoms with Gasteiger partial charge in [0, 0.05) is 12.8 Å². The number of nitrogens with one attached hydrogen (secondary N) is 1. The predicted octanol–water partition coefficient (Wildman–Crippen LogP) is 0.991. The second-order valence-electron chi connectivity index (χ2n) is 5.41. The minimum absolute atomic E-state index is 0.148. The second-order valence-corrected chi connectivity index (χ2v) is 5.41. The quantitative estimate of drug-likeness (QED) is 0.492. The van der Waals surface area contributed by atoms with E-state index in [0.29, 0.717) is 32.1 Å². The summed E-state index contributed by atoms with van der Waals surface area (Å²) in [7, 11) is 0. The van der Waals surface area contributed by atoms with Crippen molar-refractivity contribution in [1.82, 2.24) is 5.32 Å². The Morgan fingerprint density at radius 3 is 2.35 bits per heavy atom. The molecule has 2 aliphatic rings. The van der Waals surface area contributed by atoms with Crippen LogP contribution in [0.1, 0.15) is 45.4 Å². The molecule has 2 atom stereocenters. The van der Waals surface area contributed by atoms with E-state index in [1.54, 1.807) is 13.0 Å². The smallest absolute Gasteiger partial charge is 0.309 e. The summed E-state index contributed by atoms with van der Waals surface area (Å²) in [4.78, 5) is 31.2. The van der Waals surface area contributed by atoms with Crippen molar-refractivity contribution in [3.63, 3.8) is 0 Å². The molecular weight excluding hydrogens is 262 g/mol. The summed E-state index contributed by atoms with van der Waals surface area (Å²) in [5, 5.41) is 20.5. The molecule has 0 bridgehead atoms. The van der Waals surface area contributed by atoms with Crippen molar-refractivity contribution in [3.8, 4) is 0 Å². The molecule has 0 unspecified atom stereocenters. The standard InChI is InChI=1S/C10H16O3.C4H5NO2/c1-10(9(12)13)6-3-2-4-8(11)5-7-10;6-3-1-2-4(7)5-3/h2,4,8,11H,3,5-7H2,1H3,(H,12,13);1-2H2,(H,5,6,7)/b4-2+;/t8-,10+;/m0./s1. The number of carbonyl (C=O) groups is 3. The zero-order valence-corrected chi connectivity index (χ0v) is 11.6. The first kappa shape index (κ1) is 16.4. The number of aliphatic hydroxyl groups excluding tert-OH is 1. The van der Waals surface area contributed by atoms with Crippen LogP contribution < -0.4 is 5.32 Å². The molecular formula is C14H21NO5. The van der Waals surface area contributed by atoms with E-state index in [0.717, 1.165) is 6.42 Å². The molecule has 1 heterocycles. The van der Waals surface area contributed by atoms with Gasteiger partial charge < -0.3 is 10.2 Å². The van der Waals surface area contributed by atoms with Crippen molar-refractivity contribution in [1.29, 1.82) is 0 Å². The van der Waals surface area contributed by atoms with E-state index >= 15 is 0 Å². The maximum Gasteiger partial charge on any atom is 0.309 e. The van der Waals surface area contributed by atoms with Crippen LogP contribution in [0, 0.1) is 5.41 Å². The fourth-order valence-electron chi connectivity index (χ4n) is 2.06. The first-order chi connectivity index (χ1) is 9.33. The number of hydrogen-bond acceptors (Lipinski definition) is 4. The Morgan fingerprint density at radius 1 is 1.30 bits per heavy atom. The molecule has 1 aliphatic carbocycles. The Balaban J connectivity index is 0.000000240. The fraction of sp³-hybridized carbons (Fsp3) is 0.643. The molecule has 0 saturated carbocycles. The number of aliphatic hydroxyl groups is 1. The van der Waals surface area contributed by atoms with Gasteiger partial charge in [-0.3, -0.25) is 19.7 Å². The zero-order chi connectivity index (χ0) is 15.2. The zero-order valence-electron chi connectivity index (χ0n) is 11.6. The molecule has 6 nitrogen and oxygen atoms in total. The van der Waals surface area contributed by atoms with Gasteiger partial charge in [-0.15, -0.1) is 0 Å². The molecule has 6 heteroatoms. The molecule has 112 valence electrons. The average molecular weight is 283 g/mol. The third kappa shape index (κ3) is 5.13. The van der Waals surface area contributed by atoms with Gasteiger partial charge in [0.2, 0.25) is 11.8 Å². The largest absolute Gasteiger partial charge is 0.481 e. The summed E-state index contributed by atoms with van der Waals surface area (Å²) in [5.41, 5.74) is -0.661. The van der Waals surface area contributed by atoms with Crippen LogP contribution in [-0.2, 0) is 14.4 Å². The van der Waals surface area contributed by atoms with Crippen LogP contribution in [-0.4, -0.2) is 34.1 Å². The van der Waals surface area contributed by atoms with Gasteiger partial charge in [0.25, 0.3) is 0 Å². The molecule has 2 rings (SSSR count). The second kappa shape index (κ2) is 7.19. The van der Waals surface area contributed by atoms with Crippen molar-refractivity contribution in [3.05, 3.63) is 12.2 Å². The highest BCUT2D eigenvalue weighted by molar-refractivity contribution is 6.01. The van der Waals surface area contributed by atoms with Crippen molar-refractivity contribution in [2.45, 2.75) is 51.6 Å². The van der Waals surface area contributed by atoms with Crippen LogP contribution in [0.3, 0.4) is 0 Å². The van der Waals surface area contributed by atoms with E-state index in [1.165, 1.54) is 0 Å². The summed E-state index contributed by atoms with van der Waals surface area (Å²) in [6.07, 6.45) is 6.38. The monoisotopic (exact) mass is 283 g/mol. The molecule has 0 aromatic carbocycles. The van der Waals surface area contributed by atoms with Crippen molar-refractivity contribution in [2.75, 3.05) is 0 Å². The maximum absolute atomic E-state index is 10.9. The van der Waals surface area contributed by atoms with E-state index in [9.17, 15) is 19.5 Å². The van der Waals surface area contributed by atoms with Crippen molar-refractivity contribution in [2.24, 2.45) is 5.41 Å². The topological polar surface area (TPSA) is 104 Å². The van der Waals surface area contributed by atoms with Gasteiger partial charge in [0.1, 0.15) is 0 Å². The van der Waals surface area contributed by atoms with Gasteiger partial charge in [-0.05, 0) is 32.6 Å². The number of rotatable bonds is 1. The third-order valence-electron chi connectivity index (χ3n) is 3.59. The van der Waals surface area contributed by atoms with Crippen LogP contribution in [0.25, 0.3) is 0 Å². The fourth-order valence-corrected chi connectivity index (χ4v) is 2.06. The number of amides is 2. The first-order valence-electron chi connectivity index (χ1n) is 6.74. The Bertz CT molecular complexity index is 404. The minimum Gasteiger partial charge on any atom is -0.481 e. The lowest BCUT2D eigenvalue weighted by atomic mass is 9.79. The summed E-state index contributed by atoms with van der Waals surface area (Å²) >= 11 is 0. The lowest BCUT2D eigenvalue weighted by Gasteiger charge is -2.26. The van der Waals surface area contributed by atoms with Gasteiger partial charge in [0.05, 0.1) is 11.5 Å². The number of carbonyl (C=O) groups excluding carboxylic acids is 2. The lowest BCUT2D eigenvalue weighted by molar-refractivity contribution is -0.149. The Morgan fingerprint density at radius 2 is 1.90 bits per heavy atom. The van der Waals surface area contributed by atoms with E-state index in [4.69, 9.17) is 5.11 Å². The summed E-state index contributed by atoms with van der Waals surface area (Å²) in [6.45, 7) is 1.75. The van der Waals surface area contributed by atoms with Gasteiger partial charge in [-0.1, -0.05) is 12.2 Å². The molecule has 0 aromatic rings. The Kier molecular flexibility index (Phi) is 5.88. The molecule has 20 heavy (non-hydrogen) atoms. The SMILES string of the molecule is C[C@@]1(C(=O)O)CC/C=C/[C@H](O)CC1.O=C1CCC(=O)N1. The first-order valence-corrected chi connectivity index (χ1v) is 6.74. The highest BCUT2D eigenvalue weighted by Crippen LogP contribution is 2.31. The number of imide groups is 1.